The smallest absolute Gasteiger partial charge is 0.252 e. The van der Waals surface area contributed by atoms with Gasteiger partial charge in [-0.25, -0.2) is 8.42 Å². The van der Waals surface area contributed by atoms with Gasteiger partial charge >= 0.3 is 0 Å². The van der Waals surface area contributed by atoms with Gasteiger partial charge < -0.3 is 10.1 Å². The van der Waals surface area contributed by atoms with Crippen LogP contribution in [0.2, 0.25) is 5.02 Å². The van der Waals surface area contributed by atoms with E-state index in [1.807, 2.05) is 24.3 Å². The maximum atomic E-state index is 12.4. The molecule has 0 atom stereocenters. The molecule has 1 N–H and O–H groups in total. The van der Waals surface area contributed by atoms with Crippen molar-refractivity contribution in [2.75, 3.05) is 30.8 Å². The SMILES string of the molecule is CN(c1ccc(C(=O)NCCOc2ccccc2C(C)(C)C)c(Cl)c1)S(C)(=O)=O. The Bertz CT molecular complexity index is 984. The number of hydrogen-bond acceptors (Lipinski definition) is 4. The highest BCUT2D eigenvalue weighted by Gasteiger charge is 2.19. The highest BCUT2D eigenvalue weighted by molar-refractivity contribution is 7.92. The fourth-order valence-electron chi connectivity index (χ4n) is 2.71. The van der Waals surface area contributed by atoms with Crippen molar-refractivity contribution in [2.24, 2.45) is 0 Å². The summed E-state index contributed by atoms with van der Waals surface area (Å²) in [5, 5.41) is 2.94. The van der Waals surface area contributed by atoms with Crippen molar-refractivity contribution in [3.05, 3.63) is 58.6 Å². The lowest BCUT2D eigenvalue weighted by Gasteiger charge is -2.22. The van der Waals surface area contributed by atoms with Crippen molar-refractivity contribution < 1.29 is 17.9 Å². The second-order valence-corrected chi connectivity index (χ2v) is 10.2. The molecule has 0 saturated carbocycles. The minimum Gasteiger partial charge on any atom is -0.491 e. The molecule has 0 saturated heterocycles. The van der Waals surface area contributed by atoms with E-state index in [9.17, 15) is 13.2 Å². The Morgan fingerprint density at radius 3 is 2.41 bits per heavy atom. The summed E-state index contributed by atoms with van der Waals surface area (Å²) in [6, 6.07) is 12.3. The second-order valence-electron chi connectivity index (χ2n) is 7.75. The molecule has 1 amide bonds. The number of carbonyl (C=O) groups is 1. The van der Waals surface area contributed by atoms with Crippen molar-refractivity contribution >= 4 is 33.2 Å². The van der Waals surface area contributed by atoms with E-state index in [1.54, 1.807) is 0 Å². The zero-order valence-corrected chi connectivity index (χ0v) is 18.9. The van der Waals surface area contributed by atoms with Gasteiger partial charge in [0, 0.05) is 7.05 Å². The monoisotopic (exact) mass is 438 g/mol. The fourth-order valence-corrected chi connectivity index (χ4v) is 3.47. The first-order valence-corrected chi connectivity index (χ1v) is 11.4. The van der Waals surface area contributed by atoms with Gasteiger partial charge in [0.05, 0.1) is 29.1 Å². The minimum absolute atomic E-state index is 0.0474. The van der Waals surface area contributed by atoms with E-state index >= 15 is 0 Å². The van der Waals surface area contributed by atoms with E-state index in [0.29, 0.717) is 18.8 Å². The number of amides is 1. The minimum atomic E-state index is -3.41. The Hall–Kier alpha value is -2.25. The molecule has 0 bridgehead atoms. The first kappa shape index (κ1) is 23.0. The maximum absolute atomic E-state index is 12.4. The van der Waals surface area contributed by atoms with Crippen LogP contribution in [-0.4, -0.2) is 40.8 Å². The highest BCUT2D eigenvalue weighted by Crippen LogP contribution is 2.30. The number of nitrogens with zero attached hydrogens (tertiary/aromatic N) is 1. The molecule has 0 aliphatic heterocycles. The van der Waals surface area contributed by atoms with Crippen molar-refractivity contribution in [1.29, 1.82) is 0 Å². The molecular formula is C21H27ClN2O4S. The van der Waals surface area contributed by atoms with Gasteiger partial charge in [-0.2, -0.15) is 0 Å². The predicted molar refractivity (Wildman–Crippen MR) is 118 cm³/mol. The summed E-state index contributed by atoms with van der Waals surface area (Å²) >= 11 is 6.18. The Kier molecular flexibility index (Phi) is 7.19. The van der Waals surface area contributed by atoms with Crippen LogP contribution in [0.1, 0.15) is 36.7 Å². The summed E-state index contributed by atoms with van der Waals surface area (Å²) in [5.74, 6) is 0.441. The molecule has 0 fully saturated rings. The Balaban J connectivity index is 1.97. The normalized spacial score (nSPS) is 11.8. The van der Waals surface area contributed by atoms with Crippen LogP contribution in [0.25, 0.3) is 0 Å². The number of sulfonamides is 1. The van der Waals surface area contributed by atoms with Crippen LogP contribution in [0, 0.1) is 0 Å². The third kappa shape index (κ3) is 6.11. The Labute approximate surface area is 177 Å². The third-order valence-corrected chi connectivity index (χ3v) is 5.92. The van der Waals surface area contributed by atoms with Crippen LogP contribution in [0.3, 0.4) is 0 Å². The van der Waals surface area contributed by atoms with Gasteiger partial charge in [0.2, 0.25) is 10.0 Å². The van der Waals surface area contributed by atoms with Gasteiger partial charge in [0.15, 0.2) is 0 Å². The molecule has 0 aromatic heterocycles. The number of carbonyl (C=O) groups excluding carboxylic acids is 1. The first-order chi connectivity index (χ1) is 13.4. The lowest BCUT2D eigenvalue weighted by Crippen LogP contribution is -2.29. The fraction of sp³-hybridized carbons (Fsp3) is 0.381. The van der Waals surface area contributed by atoms with Gasteiger partial charge in [0.1, 0.15) is 12.4 Å². The van der Waals surface area contributed by atoms with Crippen LogP contribution in [0.5, 0.6) is 5.75 Å². The molecule has 0 aliphatic rings. The molecule has 2 rings (SSSR count). The number of para-hydroxylation sites is 1. The zero-order valence-electron chi connectivity index (χ0n) is 17.3. The molecule has 2 aromatic rings. The zero-order chi connectivity index (χ0) is 21.8. The quantitative estimate of drug-likeness (QED) is 0.666. The summed E-state index contributed by atoms with van der Waals surface area (Å²) in [4.78, 5) is 12.4. The average molecular weight is 439 g/mol. The van der Waals surface area contributed by atoms with E-state index in [2.05, 4.69) is 26.1 Å². The molecule has 0 radical (unpaired) electrons. The molecule has 0 heterocycles. The molecule has 8 heteroatoms. The van der Waals surface area contributed by atoms with Gasteiger partial charge in [-0.3, -0.25) is 9.10 Å². The summed E-state index contributed by atoms with van der Waals surface area (Å²) < 4.78 is 30.2. The average Bonchev–Trinajstić information content (AvgIpc) is 2.63. The molecular weight excluding hydrogens is 412 g/mol. The van der Waals surface area contributed by atoms with Gasteiger partial charge in [-0.15, -0.1) is 0 Å². The number of rotatable bonds is 7. The van der Waals surface area contributed by atoms with Crippen molar-refractivity contribution in [2.45, 2.75) is 26.2 Å². The van der Waals surface area contributed by atoms with E-state index < -0.39 is 10.0 Å². The summed E-state index contributed by atoms with van der Waals surface area (Å²) in [5.41, 5.74) is 1.71. The molecule has 0 spiro atoms. The lowest BCUT2D eigenvalue weighted by atomic mass is 9.86. The van der Waals surface area contributed by atoms with Crippen LogP contribution < -0.4 is 14.4 Å². The van der Waals surface area contributed by atoms with E-state index in [-0.39, 0.29) is 21.9 Å². The summed E-state index contributed by atoms with van der Waals surface area (Å²) in [6.07, 6.45) is 1.10. The number of nitrogens with one attached hydrogen (secondary N) is 1. The van der Waals surface area contributed by atoms with Crippen molar-refractivity contribution in [3.8, 4) is 5.75 Å². The topological polar surface area (TPSA) is 75.7 Å². The number of anilines is 1. The maximum Gasteiger partial charge on any atom is 0.252 e. The van der Waals surface area contributed by atoms with Gasteiger partial charge in [-0.05, 0) is 35.2 Å². The van der Waals surface area contributed by atoms with Gasteiger partial charge in [-0.1, -0.05) is 50.6 Å². The van der Waals surface area contributed by atoms with Crippen molar-refractivity contribution in [1.82, 2.24) is 5.32 Å². The molecule has 0 aliphatic carbocycles. The van der Waals surface area contributed by atoms with Crippen LogP contribution in [-0.2, 0) is 15.4 Å². The highest BCUT2D eigenvalue weighted by atomic mass is 35.5. The standard InChI is InChI=1S/C21H27ClN2O4S/c1-21(2,3)17-8-6-7-9-19(17)28-13-12-23-20(25)16-11-10-15(14-18(16)22)24(4)29(5,26)27/h6-11,14H,12-13H2,1-5H3,(H,23,25). The number of halogens is 1. The van der Waals surface area contributed by atoms with Crippen molar-refractivity contribution in [3.63, 3.8) is 0 Å². The molecule has 2 aromatic carbocycles. The van der Waals surface area contributed by atoms with E-state index in [1.165, 1.54) is 25.2 Å². The van der Waals surface area contributed by atoms with Crippen LogP contribution in [0.15, 0.2) is 42.5 Å². The van der Waals surface area contributed by atoms with E-state index in [4.69, 9.17) is 16.3 Å². The second kappa shape index (κ2) is 9.05. The van der Waals surface area contributed by atoms with Crippen LogP contribution in [0.4, 0.5) is 5.69 Å². The van der Waals surface area contributed by atoms with E-state index in [0.717, 1.165) is 21.9 Å². The number of hydrogen-bond donors (Lipinski definition) is 1. The summed E-state index contributed by atoms with van der Waals surface area (Å²) in [7, 11) is -1.98. The Morgan fingerprint density at radius 2 is 1.83 bits per heavy atom. The predicted octanol–water partition coefficient (Wildman–Crippen LogP) is 3.84. The molecule has 6 nitrogen and oxygen atoms in total. The lowest BCUT2D eigenvalue weighted by molar-refractivity contribution is 0.0947. The number of ether oxygens (including phenoxy) is 1. The van der Waals surface area contributed by atoms with Crippen LogP contribution >= 0.6 is 11.6 Å². The molecule has 0 unspecified atom stereocenters. The number of benzene rings is 2. The Morgan fingerprint density at radius 1 is 1.17 bits per heavy atom. The molecule has 158 valence electrons. The molecule has 29 heavy (non-hydrogen) atoms. The van der Waals surface area contributed by atoms with Gasteiger partial charge in [0.25, 0.3) is 5.91 Å². The first-order valence-electron chi connectivity index (χ1n) is 9.15. The third-order valence-electron chi connectivity index (χ3n) is 4.40. The largest absolute Gasteiger partial charge is 0.491 e. The summed E-state index contributed by atoms with van der Waals surface area (Å²) in [6.45, 7) is 6.96.